The number of rotatable bonds is 7. The van der Waals surface area contributed by atoms with Crippen LogP contribution in [0.2, 0.25) is 0 Å². The van der Waals surface area contributed by atoms with Gasteiger partial charge in [-0.3, -0.25) is 4.98 Å². The Labute approximate surface area is 164 Å². The van der Waals surface area contributed by atoms with Crippen LogP contribution in [0.25, 0.3) is 28.5 Å². The first-order chi connectivity index (χ1) is 13.5. The van der Waals surface area contributed by atoms with Crippen molar-refractivity contribution in [3.8, 4) is 28.1 Å². The van der Waals surface area contributed by atoms with Crippen LogP contribution in [0.15, 0.2) is 66.9 Å². The highest BCUT2D eigenvalue weighted by Crippen LogP contribution is 2.26. The van der Waals surface area contributed by atoms with Crippen molar-refractivity contribution < 1.29 is 14.6 Å². The third-order valence-electron chi connectivity index (χ3n) is 4.55. The zero-order valence-corrected chi connectivity index (χ0v) is 15.8. The van der Waals surface area contributed by atoms with E-state index in [0.29, 0.717) is 5.56 Å². The maximum Gasteiger partial charge on any atom is 0.165 e. The summed E-state index contributed by atoms with van der Waals surface area (Å²) in [6.45, 7) is 1.81. The molecule has 0 radical (unpaired) electrons. The van der Waals surface area contributed by atoms with Gasteiger partial charge in [0.2, 0.25) is 0 Å². The highest BCUT2D eigenvalue weighted by atomic mass is 19.1. The third kappa shape index (κ3) is 5.27. The number of aromatic nitrogens is 1. The Hall–Kier alpha value is -2.98. The minimum atomic E-state index is -0.643. The minimum Gasteiger partial charge on any atom is -0.505 e. The second kappa shape index (κ2) is 9.29. The normalized spacial score (nSPS) is 12.4. The van der Waals surface area contributed by atoms with Crippen molar-refractivity contribution in [2.24, 2.45) is 0 Å². The van der Waals surface area contributed by atoms with E-state index in [1.54, 1.807) is 12.3 Å². The quantitative estimate of drug-likeness (QED) is 0.510. The van der Waals surface area contributed by atoms with E-state index in [2.05, 4.69) is 17.1 Å². The lowest BCUT2D eigenvalue weighted by atomic mass is 10.0. The molecule has 3 rings (SSSR count). The van der Waals surface area contributed by atoms with Gasteiger partial charge in [-0.05, 0) is 55.5 Å². The SMILES string of the molecule is CC(O)CCCC=Cc1ccc(-c2ccc(-c3ccc(O)c(F)c3)cn2)cc1. The molecule has 2 N–H and O–H groups in total. The molecule has 1 aromatic heterocycles. The van der Waals surface area contributed by atoms with Crippen LogP contribution in [0.5, 0.6) is 5.75 Å². The maximum absolute atomic E-state index is 13.5. The standard InChI is InChI=1S/C24H24FNO2/c1-17(27)5-3-2-4-6-18-7-9-19(10-8-18)23-13-11-21(16-26-23)20-12-14-24(28)22(25)15-20/h4,6-17,27-28H,2-3,5H2,1H3. The van der Waals surface area contributed by atoms with E-state index >= 15 is 0 Å². The van der Waals surface area contributed by atoms with Gasteiger partial charge in [0.25, 0.3) is 0 Å². The number of aliphatic hydroxyl groups is 1. The van der Waals surface area contributed by atoms with Gasteiger partial charge in [-0.15, -0.1) is 0 Å². The summed E-state index contributed by atoms with van der Waals surface area (Å²) in [5, 5.41) is 18.6. The van der Waals surface area contributed by atoms with Crippen molar-refractivity contribution in [2.75, 3.05) is 0 Å². The summed E-state index contributed by atoms with van der Waals surface area (Å²) in [7, 11) is 0. The van der Waals surface area contributed by atoms with Gasteiger partial charge in [0, 0.05) is 17.3 Å². The van der Waals surface area contributed by atoms with E-state index in [0.717, 1.165) is 41.6 Å². The van der Waals surface area contributed by atoms with Crippen LogP contribution in [0.3, 0.4) is 0 Å². The molecular formula is C24H24FNO2. The first-order valence-corrected chi connectivity index (χ1v) is 9.43. The highest BCUT2D eigenvalue weighted by Gasteiger charge is 2.05. The molecule has 2 aromatic carbocycles. The van der Waals surface area contributed by atoms with Gasteiger partial charge in [0.05, 0.1) is 11.8 Å². The fourth-order valence-electron chi connectivity index (χ4n) is 2.94. The summed E-state index contributed by atoms with van der Waals surface area (Å²) in [5.41, 5.74) is 4.44. The Morgan fingerprint density at radius 1 is 1.00 bits per heavy atom. The fourth-order valence-corrected chi connectivity index (χ4v) is 2.94. The molecule has 1 heterocycles. The number of hydrogen-bond donors (Lipinski definition) is 2. The summed E-state index contributed by atoms with van der Waals surface area (Å²) in [6, 6.07) is 16.2. The van der Waals surface area contributed by atoms with E-state index in [1.165, 1.54) is 12.1 Å². The number of allylic oxidation sites excluding steroid dienone is 1. The van der Waals surface area contributed by atoms with Crippen molar-refractivity contribution in [3.63, 3.8) is 0 Å². The lowest BCUT2D eigenvalue weighted by molar-refractivity contribution is 0.182. The largest absolute Gasteiger partial charge is 0.505 e. The molecule has 0 saturated carbocycles. The summed E-state index contributed by atoms with van der Waals surface area (Å²) in [6.07, 6.45) is 8.43. The molecule has 0 aliphatic heterocycles. The summed E-state index contributed by atoms with van der Waals surface area (Å²) >= 11 is 0. The third-order valence-corrected chi connectivity index (χ3v) is 4.55. The molecule has 0 fully saturated rings. The smallest absolute Gasteiger partial charge is 0.165 e. The average Bonchev–Trinajstić information content (AvgIpc) is 2.70. The first kappa shape index (κ1) is 19.8. The highest BCUT2D eigenvalue weighted by molar-refractivity contribution is 5.68. The molecule has 0 aliphatic rings. The van der Waals surface area contributed by atoms with Crippen molar-refractivity contribution in [1.29, 1.82) is 0 Å². The molecule has 0 saturated heterocycles. The van der Waals surface area contributed by atoms with Crippen LogP contribution in [0.1, 0.15) is 31.7 Å². The maximum atomic E-state index is 13.5. The molecule has 0 spiro atoms. The van der Waals surface area contributed by atoms with E-state index in [1.807, 2.05) is 43.3 Å². The van der Waals surface area contributed by atoms with Crippen LogP contribution in [-0.4, -0.2) is 21.3 Å². The van der Waals surface area contributed by atoms with Crippen LogP contribution in [0.4, 0.5) is 4.39 Å². The number of hydrogen-bond acceptors (Lipinski definition) is 3. The molecule has 1 atom stereocenters. The monoisotopic (exact) mass is 377 g/mol. The van der Waals surface area contributed by atoms with E-state index in [4.69, 9.17) is 0 Å². The molecule has 0 amide bonds. The molecule has 3 aromatic rings. The Kier molecular flexibility index (Phi) is 6.56. The van der Waals surface area contributed by atoms with Gasteiger partial charge < -0.3 is 10.2 Å². The van der Waals surface area contributed by atoms with E-state index < -0.39 is 5.82 Å². The Morgan fingerprint density at radius 3 is 2.36 bits per heavy atom. The minimum absolute atomic E-state index is 0.236. The van der Waals surface area contributed by atoms with Crippen LogP contribution >= 0.6 is 0 Å². The predicted octanol–water partition coefficient (Wildman–Crippen LogP) is 5.82. The summed E-state index contributed by atoms with van der Waals surface area (Å²) in [4.78, 5) is 4.48. The van der Waals surface area contributed by atoms with Gasteiger partial charge in [-0.1, -0.05) is 48.6 Å². The van der Waals surface area contributed by atoms with Gasteiger partial charge in [-0.25, -0.2) is 4.39 Å². The van der Waals surface area contributed by atoms with Gasteiger partial charge in [-0.2, -0.15) is 0 Å². The van der Waals surface area contributed by atoms with Crippen molar-refractivity contribution in [2.45, 2.75) is 32.3 Å². The number of phenols is 1. The zero-order valence-electron chi connectivity index (χ0n) is 15.8. The number of pyridine rings is 1. The van der Waals surface area contributed by atoms with E-state index in [-0.39, 0.29) is 11.9 Å². The predicted molar refractivity (Wildman–Crippen MR) is 111 cm³/mol. The molecular weight excluding hydrogens is 353 g/mol. The van der Waals surface area contributed by atoms with Crippen LogP contribution in [-0.2, 0) is 0 Å². The van der Waals surface area contributed by atoms with Gasteiger partial charge in [0.15, 0.2) is 11.6 Å². The van der Waals surface area contributed by atoms with Gasteiger partial charge >= 0.3 is 0 Å². The van der Waals surface area contributed by atoms with Crippen LogP contribution in [0, 0.1) is 5.82 Å². The van der Waals surface area contributed by atoms with Crippen molar-refractivity contribution in [3.05, 3.63) is 78.3 Å². The summed E-state index contributed by atoms with van der Waals surface area (Å²) in [5.74, 6) is -0.999. The molecule has 144 valence electrons. The zero-order chi connectivity index (χ0) is 19.9. The first-order valence-electron chi connectivity index (χ1n) is 9.43. The molecule has 0 bridgehead atoms. The lowest BCUT2D eigenvalue weighted by Crippen LogP contribution is -1.97. The number of unbranched alkanes of at least 4 members (excludes halogenated alkanes) is 1. The average molecular weight is 377 g/mol. The Balaban J connectivity index is 1.65. The second-order valence-corrected chi connectivity index (χ2v) is 6.90. The van der Waals surface area contributed by atoms with E-state index in [9.17, 15) is 14.6 Å². The number of phenolic OH excluding ortho intramolecular Hbond substituents is 1. The topological polar surface area (TPSA) is 53.4 Å². The molecule has 3 nitrogen and oxygen atoms in total. The Morgan fingerprint density at radius 2 is 1.71 bits per heavy atom. The number of aromatic hydroxyl groups is 1. The van der Waals surface area contributed by atoms with Crippen molar-refractivity contribution >= 4 is 6.08 Å². The molecule has 0 aliphatic carbocycles. The number of halogens is 1. The number of nitrogens with zero attached hydrogens (tertiary/aromatic N) is 1. The van der Waals surface area contributed by atoms with Crippen LogP contribution < -0.4 is 0 Å². The number of aliphatic hydroxyl groups excluding tert-OH is 1. The molecule has 28 heavy (non-hydrogen) atoms. The fraction of sp³-hybridized carbons (Fsp3) is 0.208. The van der Waals surface area contributed by atoms with Crippen molar-refractivity contribution in [1.82, 2.24) is 4.98 Å². The number of benzene rings is 2. The van der Waals surface area contributed by atoms with Gasteiger partial charge in [0.1, 0.15) is 0 Å². The Bertz CT molecular complexity index is 932. The summed E-state index contributed by atoms with van der Waals surface area (Å²) < 4.78 is 13.5. The second-order valence-electron chi connectivity index (χ2n) is 6.90. The molecule has 1 unspecified atom stereocenters. The lowest BCUT2D eigenvalue weighted by Gasteiger charge is -2.05. The molecule has 4 heteroatoms.